The second kappa shape index (κ2) is 10.8. The van der Waals surface area contributed by atoms with Gasteiger partial charge in [-0.25, -0.2) is 0 Å². The van der Waals surface area contributed by atoms with Crippen LogP contribution in [0, 0.1) is 0 Å². The zero-order valence-corrected chi connectivity index (χ0v) is 17.6. The Labute approximate surface area is 177 Å². The summed E-state index contributed by atoms with van der Waals surface area (Å²) in [6.07, 6.45) is 2.22. The van der Waals surface area contributed by atoms with Crippen LogP contribution in [0.15, 0.2) is 29.3 Å². The van der Waals surface area contributed by atoms with Crippen molar-refractivity contribution >= 4 is 17.8 Å². The molecule has 9 nitrogen and oxygen atoms in total. The summed E-state index contributed by atoms with van der Waals surface area (Å²) in [5.41, 5.74) is 0.505. The predicted octanol–water partition coefficient (Wildman–Crippen LogP) is -0.0163. The summed E-state index contributed by atoms with van der Waals surface area (Å²) in [6, 6.07) is 6.56. The first-order valence-corrected chi connectivity index (χ1v) is 10.7. The van der Waals surface area contributed by atoms with E-state index in [9.17, 15) is 14.7 Å². The van der Waals surface area contributed by atoms with Crippen LogP contribution < -0.4 is 16.0 Å². The summed E-state index contributed by atoms with van der Waals surface area (Å²) in [5.74, 6) is 0.901. The van der Waals surface area contributed by atoms with Gasteiger partial charge in [0.2, 0.25) is 5.91 Å². The quantitative estimate of drug-likeness (QED) is 0.270. The Morgan fingerprint density at radius 1 is 1.10 bits per heavy atom. The number of nitrogens with one attached hydrogen (secondary N) is 3. The van der Waals surface area contributed by atoms with E-state index < -0.39 is 0 Å². The molecule has 0 bridgehead atoms. The van der Waals surface area contributed by atoms with E-state index in [1.807, 2.05) is 6.92 Å². The van der Waals surface area contributed by atoms with Crippen LogP contribution in [0.3, 0.4) is 0 Å². The molecule has 164 valence electrons. The highest BCUT2D eigenvalue weighted by Gasteiger charge is 2.25. The number of piperazine rings is 1. The maximum absolute atomic E-state index is 12.1. The van der Waals surface area contributed by atoms with Crippen molar-refractivity contribution in [2.45, 2.75) is 25.8 Å². The maximum Gasteiger partial charge on any atom is 0.251 e. The molecule has 1 heterocycles. The third kappa shape index (κ3) is 6.91. The first-order chi connectivity index (χ1) is 14.5. The number of hydrogen-bond donors (Lipinski definition) is 4. The van der Waals surface area contributed by atoms with Gasteiger partial charge in [0.15, 0.2) is 5.96 Å². The molecule has 2 aliphatic rings. The van der Waals surface area contributed by atoms with Gasteiger partial charge in [-0.2, -0.15) is 0 Å². The zero-order chi connectivity index (χ0) is 21.3. The van der Waals surface area contributed by atoms with Gasteiger partial charge in [0.05, 0.1) is 13.1 Å². The minimum atomic E-state index is -0.187. The number of rotatable bonds is 8. The van der Waals surface area contributed by atoms with Crippen LogP contribution >= 0.6 is 0 Å². The average Bonchev–Trinajstić information content (AvgIpc) is 3.55. The number of aliphatic imine (C=N–C) groups is 1. The van der Waals surface area contributed by atoms with Crippen molar-refractivity contribution in [1.29, 1.82) is 0 Å². The van der Waals surface area contributed by atoms with Crippen molar-refractivity contribution in [2.24, 2.45) is 4.99 Å². The summed E-state index contributed by atoms with van der Waals surface area (Å²) >= 11 is 0. The van der Waals surface area contributed by atoms with Gasteiger partial charge in [-0.05, 0) is 44.0 Å². The van der Waals surface area contributed by atoms with Crippen molar-refractivity contribution in [3.8, 4) is 5.75 Å². The van der Waals surface area contributed by atoms with E-state index >= 15 is 0 Å². The lowest BCUT2D eigenvalue weighted by atomic mass is 10.2. The van der Waals surface area contributed by atoms with E-state index in [0.717, 1.165) is 51.5 Å². The Balaban J connectivity index is 1.41. The topological polar surface area (TPSA) is 109 Å². The number of amides is 2. The molecule has 0 spiro atoms. The van der Waals surface area contributed by atoms with E-state index in [1.54, 1.807) is 12.1 Å². The molecule has 30 heavy (non-hydrogen) atoms. The van der Waals surface area contributed by atoms with Crippen molar-refractivity contribution in [2.75, 3.05) is 52.4 Å². The van der Waals surface area contributed by atoms with Crippen molar-refractivity contribution in [3.05, 3.63) is 29.8 Å². The van der Waals surface area contributed by atoms with Gasteiger partial charge in [0, 0.05) is 50.9 Å². The molecule has 9 heteroatoms. The SMILES string of the molecule is CCNC(=NCCNC(=O)c1ccc(O)cc1)N1CCN(CC(=O)NC2CC2)CC1. The molecule has 1 saturated carbocycles. The van der Waals surface area contributed by atoms with E-state index in [-0.39, 0.29) is 17.6 Å². The van der Waals surface area contributed by atoms with E-state index in [2.05, 4.69) is 30.7 Å². The van der Waals surface area contributed by atoms with Crippen LogP contribution in [0.25, 0.3) is 0 Å². The van der Waals surface area contributed by atoms with Crippen molar-refractivity contribution in [3.63, 3.8) is 0 Å². The van der Waals surface area contributed by atoms with Gasteiger partial charge in [-0.3, -0.25) is 19.5 Å². The molecule has 0 atom stereocenters. The highest BCUT2D eigenvalue weighted by Crippen LogP contribution is 2.18. The van der Waals surface area contributed by atoms with Crippen LogP contribution in [-0.4, -0.2) is 91.1 Å². The monoisotopic (exact) mass is 416 g/mol. The number of nitrogens with zero attached hydrogens (tertiary/aromatic N) is 3. The van der Waals surface area contributed by atoms with Gasteiger partial charge in [-0.15, -0.1) is 0 Å². The minimum absolute atomic E-state index is 0.121. The first-order valence-electron chi connectivity index (χ1n) is 10.7. The average molecular weight is 417 g/mol. The molecular weight excluding hydrogens is 384 g/mol. The molecule has 1 aromatic carbocycles. The standard InChI is InChI=1S/C21H32N6O3/c1-2-22-21(24-10-9-23-20(30)16-3-7-18(28)8-4-16)27-13-11-26(12-14-27)15-19(29)25-17-5-6-17/h3-4,7-8,17,28H,2,5-6,9-15H2,1H3,(H,22,24)(H,23,30)(H,25,29). The summed E-state index contributed by atoms with van der Waals surface area (Å²) in [4.78, 5) is 33.1. The van der Waals surface area contributed by atoms with Gasteiger partial charge >= 0.3 is 0 Å². The van der Waals surface area contributed by atoms with Crippen molar-refractivity contribution in [1.82, 2.24) is 25.8 Å². The fraction of sp³-hybridized carbons (Fsp3) is 0.571. The third-order valence-corrected chi connectivity index (χ3v) is 5.10. The van der Waals surface area contributed by atoms with Crippen LogP contribution in [0.4, 0.5) is 0 Å². The Hall–Kier alpha value is -2.81. The van der Waals surface area contributed by atoms with Gasteiger partial charge in [-0.1, -0.05) is 0 Å². The highest BCUT2D eigenvalue weighted by atomic mass is 16.3. The molecule has 2 amide bonds. The number of carbonyl (C=O) groups is 2. The lowest BCUT2D eigenvalue weighted by Gasteiger charge is -2.36. The highest BCUT2D eigenvalue weighted by molar-refractivity contribution is 5.94. The number of hydrogen-bond acceptors (Lipinski definition) is 5. The van der Waals surface area contributed by atoms with Gasteiger partial charge in [0.1, 0.15) is 5.75 Å². The normalized spacial score (nSPS) is 17.5. The summed E-state index contributed by atoms with van der Waals surface area (Å²) in [6.45, 7) is 7.40. The molecule has 3 rings (SSSR count). The smallest absolute Gasteiger partial charge is 0.251 e. The molecular formula is C21H32N6O3. The van der Waals surface area contributed by atoms with Crippen LogP contribution in [0.5, 0.6) is 5.75 Å². The predicted molar refractivity (Wildman–Crippen MR) is 116 cm³/mol. The lowest BCUT2D eigenvalue weighted by Crippen LogP contribution is -2.54. The number of phenols is 1. The molecule has 0 unspecified atom stereocenters. The van der Waals surface area contributed by atoms with Crippen LogP contribution in [0.1, 0.15) is 30.1 Å². The summed E-state index contributed by atoms with van der Waals surface area (Å²) < 4.78 is 0. The van der Waals surface area contributed by atoms with Crippen LogP contribution in [-0.2, 0) is 4.79 Å². The Morgan fingerprint density at radius 2 is 1.80 bits per heavy atom. The number of benzene rings is 1. The molecule has 1 aliphatic carbocycles. The summed E-state index contributed by atoms with van der Waals surface area (Å²) in [7, 11) is 0. The largest absolute Gasteiger partial charge is 0.508 e. The maximum atomic E-state index is 12.1. The molecule has 0 radical (unpaired) electrons. The van der Waals surface area contributed by atoms with E-state index in [4.69, 9.17) is 0 Å². The Kier molecular flexibility index (Phi) is 7.89. The second-order valence-electron chi connectivity index (χ2n) is 7.64. The number of phenolic OH excluding ortho intramolecular Hbond substituents is 1. The Morgan fingerprint density at radius 3 is 2.43 bits per heavy atom. The van der Waals surface area contributed by atoms with Gasteiger partial charge in [0.25, 0.3) is 5.91 Å². The zero-order valence-electron chi connectivity index (χ0n) is 17.6. The van der Waals surface area contributed by atoms with Gasteiger partial charge < -0.3 is 26.0 Å². The molecule has 0 aromatic heterocycles. The van der Waals surface area contributed by atoms with E-state index in [1.165, 1.54) is 12.1 Å². The molecule has 1 saturated heterocycles. The molecule has 4 N–H and O–H groups in total. The summed E-state index contributed by atoms with van der Waals surface area (Å²) in [5, 5.41) is 18.5. The second-order valence-corrected chi connectivity index (χ2v) is 7.64. The first kappa shape index (κ1) is 21.9. The van der Waals surface area contributed by atoms with Crippen LogP contribution in [0.2, 0.25) is 0 Å². The molecule has 1 aliphatic heterocycles. The minimum Gasteiger partial charge on any atom is -0.508 e. The van der Waals surface area contributed by atoms with E-state index in [0.29, 0.717) is 31.2 Å². The lowest BCUT2D eigenvalue weighted by molar-refractivity contribution is -0.122. The Bertz CT molecular complexity index is 740. The molecule has 1 aromatic rings. The fourth-order valence-electron chi connectivity index (χ4n) is 3.29. The number of carbonyl (C=O) groups excluding carboxylic acids is 2. The third-order valence-electron chi connectivity index (χ3n) is 5.10. The fourth-order valence-corrected chi connectivity index (χ4v) is 3.29. The number of aromatic hydroxyl groups is 1. The van der Waals surface area contributed by atoms with Crippen molar-refractivity contribution < 1.29 is 14.7 Å². The molecule has 2 fully saturated rings. The number of guanidine groups is 1.